The Labute approximate surface area is 156 Å². The average molecular weight is 374 g/mol. The summed E-state index contributed by atoms with van der Waals surface area (Å²) in [5.74, 6) is 1.18. The van der Waals surface area contributed by atoms with Crippen molar-refractivity contribution < 1.29 is 13.7 Å². The number of carbonyl (C=O) groups excluding carboxylic acids is 1. The van der Waals surface area contributed by atoms with Crippen LogP contribution in [-0.2, 0) is 6.42 Å². The molecule has 0 radical (unpaired) electrons. The lowest BCUT2D eigenvalue weighted by Gasteiger charge is -2.27. The Hall–Kier alpha value is -2.60. The van der Waals surface area contributed by atoms with E-state index in [0.717, 1.165) is 12.0 Å². The van der Waals surface area contributed by atoms with Gasteiger partial charge in [-0.15, -0.1) is 0 Å². The molecule has 0 unspecified atom stereocenters. The van der Waals surface area contributed by atoms with Crippen LogP contribution in [0.4, 0.5) is 0 Å². The molecular weight excluding hydrogens is 354 g/mol. The third kappa shape index (κ3) is 4.14. The molecule has 3 aromatic rings. The molecule has 6 nitrogen and oxygen atoms in total. The van der Waals surface area contributed by atoms with Gasteiger partial charge in [0.1, 0.15) is 0 Å². The van der Waals surface area contributed by atoms with E-state index in [0.29, 0.717) is 35.5 Å². The van der Waals surface area contributed by atoms with Gasteiger partial charge >= 0.3 is 0 Å². The van der Waals surface area contributed by atoms with Crippen LogP contribution >= 0.6 is 11.6 Å². The van der Waals surface area contributed by atoms with E-state index in [-0.39, 0.29) is 11.9 Å². The van der Waals surface area contributed by atoms with Gasteiger partial charge in [-0.1, -0.05) is 23.7 Å². The predicted molar refractivity (Wildman–Crippen MR) is 97.9 cm³/mol. The van der Waals surface area contributed by atoms with Crippen LogP contribution in [0.1, 0.15) is 36.7 Å². The molecule has 1 aromatic carbocycles. The molecule has 3 rings (SSSR count). The Morgan fingerprint density at radius 3 is 2.69 bits per heavy atom. The smallest absolute Gasteiger partial charge is 0.289 e. The van der Waals surface area contributed by atoms with Crippen molar-refractivity contribution in [2.45, 2.75) is 32.7 Å². The number of carbonyl (C=O) groups is 1. The fourth-order valence-electron chi connectivity index (χ4n) is 2.57. The fraction of sp³-hybridized carbons (Fsp3) is 0.316. The number of furan rings is 1. The summed E-state index contributed by atoms with van der Waals surface area (Å²) in [4.78, 5) is 18.8. The van der Waals surface area contributed by atoms with Crippen molar-refractivity contribution in [3.63, 3.8) is 0 Å². The van der Waals surface area contributed by atoms with Gasteiger partial charge in [-0.05, 0) is 49.7 Å². The number of hydrogen-bond donors (Lipinski definition) is 0. The van der Waals surface area contributed by atoms with Crippen molar-refractivity contribution in [1.29, 1.82) is 0 Å². The standard InChI is InChI=1S/C19H20ClN3O3/c1-3-13(2)23(19(24)16-5-4-12-25-16)11-10-17-21-18(22-26-17)14-6-8-15(20)9-7-14/h4-9,12-13H,3,10-11H2,1-2H3/t13-/m1/s1. The first-order valence-electron chi connectivity index (χ1n) is 8.51. The summed E-state index contributed by atoms with van der Waals surface area (Å²) in [5, 5.41) is 4.65. The molecule has 0 spiro atoms. The Kier molecular flexibility index (Phi) is 5.73. The van der Waals surface area contributed by atoms with Crippen molar-refractivity contribution in [2.75, 3.05) is 6.54 Å². The predicted octanol–water partition coefficient (Wildman–Crippen LogP) is 4.47. The van der Waals surface area contributed by atoms with Crippen molar-refractivity contribution in [3.05, 3.63) is 59.3 Å². The minimum absolute atomic E-state index is 0.0752. The minimum atomic E-state index is -0.137. The largest absolute Gasteiger partial charge is 0.459 e. The molecule has 0 fully saturated rings. The number of benzene rings is 1. The maximum atomic E-state index is 12.6. The number of rotatable bonds is 7. The molecule has 1 amide bonds. The zero-order chi connectivity index (χ0) is 18.5. The maximum absolute atomic E-state index is 12.6. The van der Waals surface area contributed by atoms with Gasteiger partial charge in [0, 0.05) is 29.6 Å². The second kappa shape index (κ2) is 8.19. The number of hydrogen-bond acceptors (Lipinski definition) is 5. The summed E-state index contributed by atoms with van der Waals surface area (Å²) in [5.41, 5.74) is 0.829. The molecule has 2 aromatic heterocycles. The van der Waals surface area contributed by atoms with Gasteiger partial charge in [0.05, 0.1) is 6.26 Å². The van der Waals surface area contributed by atoms with Crippen molar-refractivity contribution in [3.8, 4) is 11.4 Å². The van der Waals surface area contributed by atoms with E-state index in [1.807, 2.05) is 26.0 Å². The van der Waals surface area contributed by atoms with Crippen LogP contribution in [0.3, 0.4) is 0 Å². The Morgan fingerprint density at radius 1 is 1.27 bits per heavy atom. The molecule has 1 atom stereocenters. The molecule has 0 N–H and O–H groups in total. The van der Waals surface area contributed by atoms with Crippen LogP contribution in [0.25, 0.3) is 11.4 Å². The van der Waals surface area contributed by atoms with E-state index in [4.69, 9.17) is 20.5 Å². The lowest BCUT2D eigenvalue weighted by molar-refractivity contribution is 0.0654. The van der Waals surface area contributed by atoms with E-state index >= 15 is 0 Å². The van der Waals surface area contributed by atoms with Crippen LogP contribution in [0.5, 0.6) is 0 Å². The van der Waals surface area contributed by atoms with Gasteiger partial charge in [-0.3, -0.25) is 4.79 Å². The molecular formula is C19H20ClN3O3. The molecule has 0 saturated carbocycles. The number of aromatic nitrogens is 2. The van der Waals surface area contributed by atoms with E-state index in [2.05, 4.69) is 10.1 Å². The Morgan fingerprint density at radius 2 is 2.04 bits per heavy atom. The quantitative estimate of drug-likeness (QED) is 0.611. The summed E-state index contributed by atoms with van der Waals surface area (Å²) >= 11 is 5.89. The van der Waals surface area contributed by atoms with Gasteiger partial charge in [-0.2, -0.15) is 4.98 Å². The van der Waals surface area contributed by atoms with Crippen LogP contribution in [0, 0.1) is 0 Å². The Balaban J connectivity index is 1.69. The normalized spacial score (nSPS) is 12.1. The lowest BCUT2D eigenvalue weighted by atomic mass is 10.2. The Bertz CT molecular complexity index is 843. The second-order valence-corrected chi connectivity index (χ2v) is 6.44. The third-order valence-corrected chi connectivity index (χ3v) is 4.50. The summed E-state index contributed by atoms with van der Waals surface area (Å²) in [6.45, 7) is 4.52. The van der Waals surface area contributed by atoms with Crippen LogP contribution in [0.15, 0.2) is 51.6 Å². The first-order chi connectivity index (χ1) is 12.6. The lowest BCUT2D eigenvalue weighted by Crippen LogP contribution is -2.39. The molecule has 0 saturated heterocycles. The molecule has 0 aliphatic rings. The van der Waals surface area contributed by atoms with Gasteiger partial charge < -0.3 is 13.8 Å². The van der Waals surface area contributed by atoms with Crippen molar-refractivity contribution in [2.24, 2.45) is 0 Å². The second-order valence-electron chi connectivity index (χ2n) is 6.00. The molecule has 2 heterocycles. The zero-order valence-corrected chi connectivity index (χ0v) is 15.4. The highest BCUT2D eigenvalue weighted by atomic mass is 35.5. The van der Waals surface area contributed by atoms with E-state index < -0.39 is 0 Å². The monoisotopic (exact) mass is 373 g/mol. The highest BCUT2D eigenvalue weighted by Crippen LogP contribution is 2.19. The van der Waals surface area contributed by atoms with Crippen LogP contribution in [-0.4, -0.2) is 33.5 Å². The molecule has 7 heteroatoms. The summed E-state index contributed by atoms with van der Waals surface area (Å²) in [7, 11) is 0. The number of nitrogens with zero attached hydrogens (tertiary/aromatic N) is 3. The number of amides is 1. The van der Waals surface area contributed by atoms with Gasteiger partial charge in [0.2, 0.25) is 11.7 Å². The number of halogens is 1. The van der Waals surface area contributed by atoms with Gasteiger partial charge in [0.15, 0.2) is 5.76 Å². The SMILES string of the molecule is CC[C@@H](C)N(CCc1nc(-c2ccc(Cl)cc2)no1)C(=O)c1ccco1. The summed E-state index contributed by atoms with van der Waals surface area (Å²) in [6, 6.07) is 10.7. The third-order valence-electron chi connectivity index (χ3n) is 4.25. The first kappa shape index (κ1) is 18.2. The zero-order valence-electron chi connectivity index (χ0n) is 14.7. The summed E-state index contributed by atoms with van der Waals surface area (Å²) in [6.07, 6.45) is 2.81. The maximum Gasteiger partial charge on any atom is 0.289 e. The molecule has 0 aliphatic heterocycles. The topological polar surface area (TPSA) is 72.4 Å². The molecule has 0 aliphatic carbocycles. The summed E-state index contributed by atoms with van der Waals surface area (Å²) < 4.78 is 10.6. The van der Waals surface area contributed by atoms with E-state index in [9.17, 15) is 4.79 Å². The average Bonchev–Trinajstić information content (AvgIpc) is 3.34. The highest BCUT2D eigenvalue weighted by molar-refractivity contribution is 6.30. The molecule has 0 bridgehead atoms. The fourth-order valence-corrected chi connectivity index (χ4v) is 2.70. The van der Waals surface area contributed by atoms with Crippen molar-refractivity contribution >= 4 is 17.5 Å². The molecule has 26 heavy (non-hydrogen) atoms. The van der Waals surface area contributed by atoms with E-state index in [1.165, 1.54) is 6.26 Å². The minimum Gasteiger partial charge on any atom is -0.459 e. The highest BCUT2D eigenvalue weighted by Gasteiger charge is 2.23. The van der Waals surface area contributed by atoms with E-state index in [1.54, 1.807) is 29.2 Å². The van der Waals surface area contributed by atoms with Crippen molar-refractivity contribution in [1.82, 2.24) is 15.0 Å². The van der Waals surface area contributed by atoms with Gasteiger partial charge in [-0.25, -0.2) is 0 Å². The van der Waals surface area contributed by atoms with Gasteiger partial charge in [0.25, 0.3) is 5.91 Å². The molecule has 136 valence electrons. The first-order valence-corrected chi connectivity index (χ1v) is 8.89. The van der Waals surface area contributed by atoms with Crippen LogP contribution in [0.2, 0.25) is 5.02 Å². The van der Waals surface area contributed by atoms with Crippen LogP contribution < -0.4 is 0 Å².